The van der Waals surface area contributed by atoms with Gasteiger partial charge in [-0.05, 0) is 43.3 Å². The first-order valence-corrected chi connectivity index (χ1v) is 5.65. The number of benzene rings is 1. The van der Waals surface area contributed by atoms with Gasteiger partial charge >= 0.3 is 0 Å². The molecule has 0 unspecified atom stereocenters. The number of ether oxygens (including phenoxy) is 1. The summed E-state index contributed by atoms with van der Waals surface area (Å²) in [6.07, 6.45) is 1.75. The van der Waals surface area contributed by atoms with E-state index in [4.69, 9.17) is 4.74 Å². The number of rotatable bonds is 4. The van der Waals surface area contributed by atoms with E-state index in [1.54, 1.807) is 13.3 Å². The maximum Gasteiger partial charge on any atom is 0.119 e. The number of hydrogen-bond donors (Lipinski definition) is 1. The van der Waals surface area contributed by atoms with Crippen LogP contribution in [0.3, 0.4) is 0 Å². The van der Waals surface area contributed by atoms with Crippen LogP contribution in [0.1, 0.15) is 12.6 Å². The summed E-state index contributed by atoms with van der Waals surface area (Å²) in [6, 6.07) is 13.3. The lowest BCUT2D eigenvalue weighted by molar-refractivity contribution is 0.415. The number of anilines is 1. The molecule has 0 saturated heterocycles. The number of nitrogens with one attached hydrogen (secondary N) is 1. The van der Waals surface area contributed by atoms with Gasteiger partial charge in [0.15, 0.2) is 0 Å². The molecule has 0 atom stereocenters. The Morgan fingerprint density at radius 2 is 1.94 bits per heavy atom. The van der Waals surface area contributed by atoms with Crippen LogP contribution in [-0.2, 0) is 0 Å². The molecule has 0 amide bonds. The van der Waals surface area contributed by atoms with Gasteiger partial charge in [0.05, 0.1) is 24.2 Å². The summed E-state index contributed by atoms with van der Waals surface area (Å²) in [5.74, 6) is 0.825. The zero-order valence-electron chi connectivity index (χ0n) is 10.4. The molecule has 1 N–H and O–H groups in total. The number of nitrogens with zero attached hydrogens (tertiary/aromatic N) is 2. The van der Waals surface area contributed by atoms with Gasteiger partial charge in [-0.25, -0.2) is 0 Å². The van der Waals surface area contributed by atoms with E-state index in [-0.39, 0.29) is 0 Å². The second kappa shape index (κ2) is 5.82. The van der Waals surface area contributed by atoms with Crippen LogP contribution in [-0.4, -0.2) is 17.8 Å². The molecule has 0 radical (unpaired) electrons. The molecule has 18 heavy (non-hydrogen) atoms. The van der Waals surface area contributed by atoms with Crippen molar-refractivity contribution in [2.24, 2.45) is 5.10 Å². The number of hydrogen-bond acceptors (Lipinski definition) is 4. The third-order valence-electron chi connectivity index (χ3n) is 2.48. The van der Waals surface area contributed by atoms with E-state index in [9.17, 15) is 0 Å². The monoisotopic (exact) mass is 241 g/mol. The summed E-state index contributed by atoms with van der Waals surface area (Å²) in [5.41, 5.74) is 5.59. The lowest BCUT2D eigenvalue weighted by atomic mass is 10.3. The minimum Gasteiger partial charge on any atom is -0.497 e. The van der Waals surface area contributed by atoms with E-state index in [0.717, 1.165) is 22.8 Å². The summed E-state index contributed by atoms with van der Waals surface area (Å²) >= 11 is 0. The summed E-state index contributed by atoms with van der Waals surface area (Å²) in [7, 11) is 1.64. The average molecular weight is 241 g/mol. The summed E-state index contributed by atoms with van der Waals surface area (Å²) < 4.78 is 5.09. The highest BCUT2D eigenvalue weighted by atomic mass is 16.5. The van der Waals surface area contributed by atoms with Crippen molar-refractivity contribution in [1.29, 1.82) is 0 Å². The van der Waals surface area contributed by atoms with Crippen LogP contribution in [0.4, 0.5) is 5.69 Å². The van der Waals surface area contributed by atoms with Crippen LogP contribution in [0, 0.1) is 0 Å². The van der Waals surface area contributed by atoms with E-state index in [2.05, 4.69) is 15.5 Å². The highest BCUT2D eigenvalue weighted by Crippen LogP contribution is 2.15. The van der Waals surface area contributed by atoms with E-state index in [0.29, 0.717) is 0 Å². The first kappa shape index (κ1) is 12.1. The Kier molecular flexibility index (Phi) is 3.91. The third-order valence-corrected chi connectivity index (χ3v) is 2.48. The topological polar surface area (TPSA) is 46.5 Å². The minimum absolute atomic E-state index is 0.825. The molecule has 0 bridgehead atoms. The van der Waals surface area contributed by atoms with Gasteiger partial charge in [-0.2, -0.15) is 5.10 Å². The van der Waals surface area contributed by atoms with Crippen molar-refractivity contribution in [2.75, 3.05) is 12.5 Å². The SMILES string of the molecule is COc1ccc(N/N=C(\C)c2ccccn2)cc1. The maximum absolute atomic E-state index is 5.09. The molecule has 0 aliphatic rings. The van der Waals surface area contributed by atoms with Crippen LogP contribution in [0.2, 0.25) is 0 Å². The smallest absolute Gasteiger partial charge is 0.119 e. The molecule has 1 aromatic heterocycles. The first-order chi connectivity index (χ1) is 8.79. The molecular formula is C14H15N3O. The molecule has 1 aromatic carbocycles. The lowest BCUT2D eigenvalue weighted by Crippen LogP contribution is -2.01. The molecular weight excluding hydrogens is 226 g/mol. The largest absolute Gasteiger partial charge is 0.497 e. The molecule has 0 aliphatic heterocycles. The fourth-order valence-electron chi connectivity index (χ4n) is 1.45. The Morgan fingerprint density at radius 1 is 1.17 bits per heavy atom. The van der Waals surface area contributed by atoms with Gasteiger partial charge in [-0.1, -0.05) is 6.07 Å². The zero-order valence-corrected chi connectivity index (χ0v) is 10.4. The van der Waals surface area contributed by atoms with Crippen molar-refractivity contribution < 1.29 is 4.74 Å². The van der Waals surface area contributed by atoms with E-state index < -0.39 is 0 Å². The van der Waals surface area contributed by atoms with Crippen LogP contribution in [0.15, 0.2) is 53.8 Å². The molecule has 0 fully saturated rings. The van der Waals surface area contributed by atoms with Crippen LogP contribution >= 0.6 is 0 Å². The molecule has 2 aromatic rings. The Labute approximate surface area is 106 Å². The highest BCUT2D eigenvalue weighted by Gasteiger charge is 1.97. The Balaban J connectivity index is 2.05. The fraction of sp³-hybridized carbons (Fsp3) is 0.143. The van der Waals surface area contributed by atoms with Gasteiger partial charge in [0.1, 0.15) is 5.75 Å². The summed E-state index contributed by atoms with van der Waals surface area (Å²) in [5, 5.41) is 4.28. The van der Waals surface area contributed by atoms with Gasteiger partial charge in [-0.3, -0.25) is 10.4 Å². The normalized spacial score (nSPS) is 11.1. The molecule has 2 rings (SSSR count). The fourth-order valence-corrected chi connectivity index (χ4v) is 1.45. The van der Waals surface area contributed by atoms with Gasteiger partial charge < -0.3 is 4.74 Å². The molecule has 0 aliphatic carbocycles. The van der Waals surface area contributed by atoms with Crippen LogP contribution < -0.4 is 10.2 Å². The predicted molar refractivity (Wildman–Crippen MR) is 73.1 cm³/mol. The second-order valence-corrected chi connectivity index (χ2v) is 3.75. The van der Waals surface area contributed by atoms with Crippen molar-refractivity contribution in [2.45, 2.75) is 6.92 Å². The Morgan fingerprint density at radius 3 is 2.56 bits per heavy atom. The van der Waals surface area contributed by atoms with Gasteiger partial charge in [0.25, 0.3) is 0 Å². The van der Waals surface area contributed by atoms with Gasteiger partial charge in [-0.15, -0.1) is 0 Å². The standard InChI is InChI=1S/C14H15N3O/c1-11(14-5-3-4-10-15-14)16-17-12-6-8-13(18-2)9-7-12/h3-10,17H,1-2H3/b16-11+. The molecule has 0 saturated carbocycles. The number of pyridine rings is 1. The van der Waals surface area contributed by atoms with Gasteiger partial charge in [0.2, 0.25) is 0 Å². The van der Waals surface area contributed by atoms with E-state index in [1.807, 2.05) is 49.4 Å². The molecule has 4 nitrogen and oxygen atoms in total. The average Bonchev–Trinajstić information content (AvgIpc) is 2.46. The van der Waals surface area contributed by atoms with Crippen molar-refractivity contribution in [1.82, 2.24) is 4.98 Å². The summed E-state index contributed by atoms with van der Waals surface area (Å²) in [4.78, 5) is 4.23. The van der Waals surface area contributed by atoms with E-state index in [1.165, 1.54) is 0 Å². The Hall–Kier alpha value is -2.36. The van der Waals surface area contributed by atoms with Crippen LogP contribution in [0.5, 0.6) is 5.75 Å². The first-order valence-electron chi connectivity index (χ1n) is 5.65. The third kappa shape index (κ3) is 3.07. The van der Waals surface area contributed by atoms with Crippen molar-refractivity contribution in [3.05, 3.63) is 54.4 Å². The number of aromatic nitrogens is 1. The van der Waals surface area contributed by atoms with Crippen molar-refractivity contribution >= 4 is 11.4 Å². The molecule has 0 spiro atoms. The second-order valence-electron chi connectivity index (χ2n) is 3.75. The van der Waals surface area contributed by atoms with Crippen molar-refractivity contribution in [3.8, 4) is 5.75 Å². The molecule has 1 heterocycles. The highest BCUT2D eigenvalue weighted by molar-refractivity contribution is 5.97. The molecule has 92 valence electrons. The van der Waals surface area contributed by atoms with E-state index >= 15 is 0 Å². The quantitative estimate of drug-likeness (QED) is 0.661. The minimum atomic E-state index is 0.825. The molecule has 4 heteroatoms. The maximum atomic E-state index is 5.09. The summed E-state index contributed by atoms with van der Waals surface area (Å²) in [6.45, 7) is 1.92. The zero-order chi connectivity index (χ0) is 12.8. The van der Waals surface area contributed by atoms with Gasteiger partial charge in [0, 0.05) is 6.20 Å². The van der Waals surface area contributed by atoms with Crippen LogP contribution in [0.25, 0.3) is 0 Å². The predicted octanol–water partition coefficient (Wildman–Crippen LogP) is 2.93. The lowest BCUT2D eigenvalue weighted by Gasteiger charge is -2.04. The number of methoxy groups -OCH3 is 1. The number of hydrazone groups is 1. The van der Waals surface area contributed by atoms with Crippen molar-refractivity contribution in [3.63, 3.8) is 0 Å². The Bertz CT molecular complexity index is 520.